The second kappa shape index (κ2) is 5.71. The van der Waals surface area contributed by atoms with Crippen molar-refractivity contribution < 1.29 is 14.6 Å². The van der Waals surface area contributed by atoms with Crippen molar-refractivity contribution in [2.24, 2.45) is 5.92 Å². The van der Waals surface area contributed by atoms with E-state index < -0.39 is 6.10 Å². The fourth-order valence-electron chi connectivity index (χ4n) is 2.52. The van der Waals surface area contributed by atoms with Crippen LogP contribution in [0.4, 0.5) is 0 Å². The lowest BCUT2D eigenvalue weighted by atomic mass is 9.96. The number of aromatic nitrogens is 2. The van der Waals surface area contributed by atoms with Gasteiger partial charge in [0.1, 0.15) is 11.8 Å². The minimum absolute atomic E-state index is 0.126. The van der Waals surface area contributed by atoms with Crippen LogP contribution < -0.4 is 4.74 Å². The van der Waals surface area contributed by atoms with Gasteiger partial charge in [0.05, 0.1) is 26.0 Å². The van der Waals surface area contributed by atoms with Crippen LogP contribution in [0.25, 0.3) is 0 Å². The van der Waals surface area contributed by atoms with E-state index in [0.717, 1.165) is 25.1 Å². The fourth-order valence-corrected chi connectivity index (χ4v) is 2.52. The van der Waals surface area contributed by atoms with Crippen LogP contribution in [0.3, 0.4) is 0 Å². The molecule has 0 bridgehead atoms. The van der Waals surface area contributed by atoms with Crippen LogP contribution in [-0.2, 0) is 11.3 Å². The quantitative estimate of drug-likeness (QED) is 0.870. The van der Waals surface area contributed by atoms with Gasteiger partial charge in [-0.1, -0.05) is 6.92 Å². The van der Waals surface area contributed by atoms with Crippen molar-refractivity contribution in [2.45, 2.75) is 45.4 Å². The summed E-state index contributed by atoms with van der Waals surface area (Å²) in [5.74, 6) is 0.789. The summed E-state index contributed by atoms with van der Waals surface area (Å²) in [6.45, 7) is 5.51. The molecule has 3 unspecified atom stereocenters. The Bertz CT molecular complexity index is 392. The summed E-state index contributed by atoms with van der Waals surface area (Å²) in [6, 6.07) is 0. The maximum absolute atomic E-state index is 10.5. The lowest BCUT2D eigenvalue weighted by molar-refractivity contribution is 0.0735. The number of aliphatic hydroxyl groups is 1. The Balaban J connectivity index is 2.21. The molecule has 1 saturated heterocycles. The van der Waals surface area contributed by atoms with E-state index in [2.05, 4.69) is 12.0 Å². The summed E-state index contributed by atoms with van der Waals surface area (Å²) in [5, 5.41) is 14.8. The van der Waals surface area contributed by atoms with Crippen molar-refractivity contribution in [1.29, 1.82) is 0 Å². The highest BCUT2D eigenvalue weighted by Crippen LogP contribution is 2.35. The van der Waals surface area contributed by atoms with E-state index in [-0.39, 0.29) is 12.0 Å². The zero-order valence-corrected chi connectivity index (χ0v) is 11.3. The number of aryl methyl sites for hydroxylation is 1. The molecule has 1 aliphatic rings. The third-order valence-electron chi connectivity index (χ3n) is 3.46. The monoisotopic (exact) mass is 254 g/mol. The highest BCUT2D eigenvalue weighted by Gasteiger charge is 2.33. The summed E-state index contributed by atoms with van der Waals surface area (Å²) in [4.78, 5) is 0. The molecule has 0 radical (unpaired) electrons. The zero-order valence-electron chi connectivity index (χ0n) is 11.3. The predicted octanol–water partition coefficient (Wildman–Crippen LogP) is 1.76. The molecule has 0 saturated carbocycles. The Labute approximate surface area is 108 Å². The van der Waals surface area contributed by atoms with Gasteiger partial charge in [-0.25, -0.2) is 0 Å². The van der Waals surface area contributed by atoms with Crippen molar-refractivity contribution in [3.8, 4) is 5.75 Å². The van der Waals surface area contributed by atoms with Gasteiger partial charge < -0.3 is 14.6 Å². The van der Waals surface area contributed by atoms with Gasteiger partial charge in [-0.3, -0.25) is 4.68 Å². The molecular formula is C13H22N2O3. The highest BCUT2D eigenvalue weighted by atomic mass is 16.5. The second-order valence-electron chi connectivity index (χ2n) is 4.91. The first-order chi connectivity index (χ1) is 8.67. The molecule has 18 heavy (non-hydrogen) atoms. The van der Waals surface area contributed by atoms with Crippen LogP contribution in [0.5, 0.6) is 5.75 Å². The number of ether oxygens (including phenoxy) is 2. The number of methoxy groups -OCH3 is 1. The summed E-state index contributed by atoms with van der Waals surface area (Å²) < 4.78 is 12.7. The maximum Gasteiger partial charge on any atom is 0.162 e. The zero-order chi connectivity index (χ0) is 13.1. The number of nitrogens with zero attached hydrogens (tertiary/aromatic N) is 2. The van der Waals surface area contributed by atoms with Gasteiger partial charge in [0.15, 0.2) is 5.75 Å². The van der Waals surface area contributed by atoms with Crippen LogP contribution in [0, 0.1) is 5.92 Å². The predicted molar refractivity (Wildman–Crippen MR) is 67.6 cm³/mol. The van der Waals surface area contributed by atoms with Crippen molar-refractivity contribution in [1.82, 2.24) is 9.78 Å². The van der Waals surface area contributed by atoms with E-state index in [1.54, 1.807) is 13.3 Å². The minimum atomic E-state index is -0.570. The van der Waals surface area contributed by atoms with E-state index in [1.807, 2.05) is 11.6 Å². The molecule has 102 valence electrons. The van der Waals surface area contributed by atoms with Crippen molar-refractivity contribution in [3.05, 3.63) is 11.9 Å². The number of hydrogen-bond donors (Lipinski definition) is 1. The van der Waals surface area contributed by atoms with E-state index >= 15 is 0 Å². The van der Waals surface area contributed by atoms with Crippen LogP contribution in [0.1, 0.15) is 38.5 Å². The molecular weight excluding hydrogens is 232 g/mol. The maximum atomic E-state index is 10.5. The number of hydrogen-bond acceptors (Lipinski definition) is 4. The minimum Gasteiger partial charge on any atom is -0.493 e. The molecule has 1 aliphatic heterocycles. The lowest BCUT2D eigenvalue weighted by Gasteiger charge is -2.19. The Morgan fingerprint density at radius 1 is 1.67 bits per heavy atom. The van der Waals surface area contributed by atoms with Gasteiger partial charge in [0.2, 0.25) is 0 Å². The SMILES string of the molecule is CCCn1ncc(OC)c1C(O)C1COC(C)C1. The first kappa shape index (κ1) is 13.4. The van der Waals surface area contributed by atoms with Crippen molar-refractivity contribution in [2.75, 3.05) is 13.7 Å². The third-order valence-corrected chi connectivity index (χ3v) is 3.46. The van der Waals surface area contributed by atoms with E-state index in [4.69, 9.17) is 9.47 Å². The molecule has 0 amide bonds. The molecule has 0 aliphatic carbocycles. The number of aliphatic hydroxyl groups excluding tert-OH is 1. The standard InChI is InChI=1S/C13H22N2O3/c1-4-5-15-12(11(17-3)7-14-15)13(16)10-6-9(2)18-8-10/h7,9-10,13,16H,4-6,8H2,1-3H3. The van der Waals surface area contributed by atoms with Crippen LogP contribution >= 0.6 is 0 Å². The average Bonchev–Trinajstić information content (AvgIpc) is 2.95. The van der Waals surface area contributed by atoms with Gasteiger partial charge in [0, 0.05) is 12.5 Å². The molecule has 2 rings (SSSR count). The summed E-state index contributed by atoms with van der Waals surface area (Å²) in [6.07, 6.45) is 3.18. The third kappa shape index (κ3) is 2.52. The van der Waals surface area contributed by atoms with Gasteiger partial charge in [0.25, 0.3) is 0 Å². The van der Waals surface area contributed by atoms with Crippen molar-refractivity contribution >= 4 is 0 Å². The first-order valence-corrected chi connectivity index (χ1v) is 6.56. The van der Waals surface area contributed by atoms with Gasteiger partial charge in [-0.2, -0.15) is 5.10 Å². The van der Waals surface area contributed by atoms with Gasteiger partial charge in [-0.15, -0.1) is 0 Å². The second-order valence-corrected chi connectivity index (χ2v) is 4.91. The normalized spacial score (nSPS) is 25.3. The molecule has 5 nitrogen and oxygen atoms in total. The molecule has 0 spiro atoms. The molecule has 1 aromatic rings. The van der Waals surface area contributed by atoms with E-state index in [1.165, 1.54) is 0 Å². The molecule has 3 atom stereocenters. The molecule has 1 aromatic heterocycles. The molecule has 1 fully saturated rings. The largest absolute Gasteiger partial charge is 0.493 e. The smallest absolute Gasteiger partial charge is 0.162 e. The Hall–Kier alpha value is -1.07. The van der Waals surface area contributed by atoms with E-state index in [0.29, 0.717) is 12.4 Å². The first-order valence-electron chi connectivity index (χ1n) is 6.56. The summed E-state index contributed by atoms with van der Waals surface area (Å²) in [5.41, 5.74) is 0.780. The fraction of sp³-hybridized carbons (Fsp3) is 0.769. The van der Waals surface area contributed by atoms with Crippen LogP contribution in [0.15, 0.2) is 6.20 Å². The van der Waals surface area contributed by atoms with Gasteiger partial charge in [-0.05, 0) is 19.8 Å². The molecule has 2 heterocycles. The van der Waals surface area contributed by atoms with Crippen LogP contribution in [0.2, 0.25) is 0 Å². The number of rotatable bonds is 5. The summed E-state index contributed by atoms with van der Waals surface area (Å²) >= 11 is 0. The Morgan fingerprint density at radius 3 is 3.00 bits per heavy atom. The average molecular weight is 254 g/mol. The summed E-state index contributed by atoms with van der Waals surface area (Å²) in [7, 11) is 1.61. The highest BCUT2D eigenvalue weighted by molar-refractivity contribution is 5.28. The Kier molecular flexibility index (Phi) is 4.24. The van der Waals surface area contributed by atoms with Crippen LogP contribution in [-0.4, -0.2) is 34.7 Å². The molecule has 5 heteroatoms. The van der Waals surface area contributed by atoms with E-state index in [9.17, 15) is 5.11 Å². The lowest BCUT2D eigenvalue weighted by Crippen LogP contribution is -2.18. The molecule has 1 N–H and O–H groups in total. The van der Waals surface area contributed by atoms with Gasteiger partial charge >= 0.3 is 0 Å². The topological polar surface area (TPSA) is 56.5 Å². The Morgan fingerprint density at radius 2 is 2.44 bits per heavy atom. The van der Waals surface area contributed by atoms with Crippen molar-refractivity contribution in [3.63, 3.8) is 0 Å². The molecule has 0 aromatic carbocycles.